The van der Waals surface area contributed by atoms with E-state index >= 15 is 0 Å². The molecular formula is C10H18N4O2S. The number of piperidine rings is 1. The van der Waals surface area contributed by atoms with Crippen molar-refractivity contribution in [1.29, 1.82) is 0 Å². The fourth-order valence-electron chi connectivity index (χ4n) is 2.06. The number of rotatable bonds is 2. The van der Waals surface area contributed by atoms with E-state index in [2.05, 4.69) is 5.10 Å². The largest absolute Gasteiger partial charge is 0.327 e. The second-order valence-corrected chi connectivity index (χ2v) is 6.39. The molecule has 0 radical (unpaired) electrons. The summed E-state index contributed by atoms with van der Waals surface area (Å²) in [5.41, 5.74) is 6.47. The number of aryl methyl sites for hydroxylation is 1. The van der Waals surface area contributed by atoms with E-state index in [1.54, 1.807) is 18.7 Å². The summed E-state index contributed by atoms with van der Waals surface area (Å²) in [6.45, 7) is 2.70. The topological polar surface area (TPSA) is 81.2 Å². The van der Waals surface area contributed by atoms with Gasteiger partial charge in [-0.15, -0.1) is 0 Å². The average Bonchev–Trinajstić information content (AvgIpc) is 2.60. The monoisotopic (exact) mass is 258 g/mol. The van der Waals surface area contributed by atoms with Gasteiger partial charge in [-0.25, -0.2) is 8.42 Å². The molecule has 2 heterocycles. The predicted octanol–water partition coefficient (Wildman–Crippen LogP) is -0.160. The summed E-state index contributed by atoms with van der Waals surface area (Å²) in [4.78, 5) is 0.286. The van der Waals surface area contributed by atoms with Crippen molar-refractivity contribution in [2.75, 3.05) is 13.1 Å². The molecule has 1 saturated heterocycles. The van der Waals surface area contributed by atoms with Gasteiger partial charge in [0, 0.05) is 26.2 Å². The Hall–Kier alpha value is -0.920. The van der Waals surface area contributed by atoms with Gasteiger partial charge in [0.15, 0.2) is 0 Å². The predicted molar refractivity (Wildman–Crippen MR) is 63.9 cm³/mol. The van der Waals surface area contributed by atoms with Crippen molar-refractivity contribution in [2.24, 2.45) is 12.8 Å². The maximum atomic E-state index is 12.4. The third kappa shape index (κ3) is 2.22. The lowest BCUT2D eigenvalue weighted by Crippen LogP contribution is -2.45. The maximum absolute atomic E-state index is 12.4. The van der Waals surface area contributed by atoms with Crippen LogP contribution in [0.25, 0.3) is 0 Å². The highest BCUT2D eigenvalue weighted by Crippen LogP contribution is 2.22. The number of hydrogen-bond acceptors (Lipinski definition) is 4. The molecule has 96 valence electrons. The van der Waals surface area contributed by atoms with E-state index in [1.165, 1.54) is 10.5 Å². The minimum Gasteiger partial charge on any atom is -0.327 e. The van der Waals surface area contributed by atoms with Gasteiger partial charge in [-0.2, -0.15) is 9.40 Å². The average molecular weight is 258 g/mol. The van der Waals surface area contributed by atoms with Gasteiger partial charge in [0.05, 0.1) is 11.9 Å². The fourth-order valence-corrected chi connectivity index (χ4v) is 3.78. The van der Waals surface area contributed by atoms with Crippen molar-refractivity contribution in [3.05, 3.63) is 11.9 Å². The van der Waals surface area contributed by atoms with Crippen LogP contribution in [0.5, 0.6) is 0 Å². The molecule has 1 aliphatic rings. The van der Waals surface area contributed by atoms with E-state index in [4.69, 9.17) is 5.73 Å². The molecule has 0 aliphatic carbocycles. The van der Waals surface area contributed by atoms with Crippen molar-refractivity contribution in [2.45, 2.75) is 30.7 Å². The zero-order valence-electron chi connectivity index (χ0n) is 10.1. The Morgan fingerprint density at radius 2 is 2.24 bits per heavy atom. The van der Waals surface area contributed by atoms with E-state index < -0.39 is 10.0 Å². The molecule has 1 aliphatic heterocycles. The van der Waals surface area contributed by atoms with E-state index in [1.807, 2.05) is 0 Å². The molecule has 2 N–H and O–H groups in total. The van der Waals surface area contributed by atoms with Crippen molar-refractivity contribution >= 4 is 10.0 Å². The first-order chi connectivity index (χ1) is 7.93. The lowest BCUT2D eigenvalue weighted by molar-refractivity contribution is 0.316. The Kier molecular flexibility index (Phi) is 3.24. The second-order valence-electron chi connectivity index (χ2n) is 4.48. The van der Waals surface area contributed by atoms with E-state index in [-0.39, 0.29) is 10.9 Å². The molecule has 17 heavy (non-hydrogen) atoms. The van der Waals surface area contributed by atoms with Crippen LogP contribution in [0.15, 0.2) is 11.1 Å². The van der Waals surface area contributed by atoms with E-state index in [0.717, 1.165) is 12.8 Å². The highest BCUT2D eigenvalue weighted by atomic mass is 32.2. The van der Waals surface area contributed by atoms with Gasteiger partial charge < -0.3 is 5.73 Å². The third-order valence-electron chi connectivity index (χ3n) is 3.23. The number of nitrogens with zero attached hydrogens (tertiary/aromatic N) is 3. The van der Waals surface area contributed by atoms with E-state index in [9.17, 15) is 8.42 Å². The highest BCUT2D eigenvalue weighted by Gasteiger charge is 2.31. The standard InChI is InChI=1S/C10H18N4O2S/c1-8-10(6-12-13(8)2)17(15,16)14-5-3-4-9(11)7-14/h6,9H,3-5,7,11H2,1-2H3. The van der Waals surface area contributed by atoms with Crippen LogP contribution in [0.2, 0.25) is 0 Å². The van der Waals surface area contributed by atoms with Crippen LogP contribution >= 0.6 is 0 Å². The molecule has 1 fully saturated rings. The summed E-state index contributed by atoms with van der Waals surface area (Å²) in [6.07, 6.45) is 3.11. The molecule has 7 heteroatoms. The normalized spacial score (nSPS) is 22.9. The lowest BCUT2D eigenvalue weighted by atomic mass is 10.1. The molecule has 0 spiro atoms. The number of sulfonamides is 1. The molecule has 6 nitrogen and oxygen atoms in total. The van der Waals surface area contributed by atoms with Gasteiger partial charge in [-0.05, 0) is 19.8 Å². The SMILES string of the molecule is Cc1c(S(=O)(=O)N2CCCC(N)C2)cnn1C. The lowest BCUT2D eigenvalue weighted by Gasteiger charge is -2.29. The van der Waals surface area contributed by atoms with Crippen molar-refractivity contribution in [3.63, 3.8) is 0 Å². The summed E-state index contributed by atoms with van der Waals surface area (Å²) in [5, 5.41) is 3.98. The maximum Gasteiger partial charge on any atom is 0.246 e. The molecule has 0 saturated carbocycles. The summed E-state index contributed by atoms with van der Waals surface area (Å²) < 4.78 is 27.8. The van der Waals surface area contributed by atoms with Crippen LogP contribution in [-0.4, -0.2) is 41.6 Å². The fraction of sp³-hybridized carbons (Fsp3) is 0.700. The van der Waals surface area contributed by atoms with Crippen LogP contribution in [0.4, 0.5) is 0 Å². The Morgan fingerprint density at radius 1 is 1.53 bits per heavy atom. The number of aromatic nitrogens is 2. The Morgan fingerprint density at radius 3 is 2.76 bits per heavy atom. The molecule has 1 aromatic heterocycles. The van der Waals surface area contributed by atoms with Gasteiger partial charge >= 0.3 is 0 Å². The summed E-state index contributed by atoms with van der Waals surface area (Å²) >= 11 is 0. The van der Waals surface area contributed by atoms with E-state index in [0.29, 0.717) is 18.8 Å². The molecule has 0 aromatic carbocycles. The zero-order chi connectivity index (χ0) is 12.6. The van der Waals surface area contributed by atoms with Crippen molar-refractivity contribution in [1.82, 2.24) is 14.1 Å². The first-order valence-electron chi connectivity index (χ1n) is 5.67. The smallest absolute Gasteiger partial charge is 0.246 e. The minimum atomic E-state index is -3.43. The van der Waals surface area contributed by atoms with Crippen LogP contribution < -0.4 is 5.73 Å². The van der Waals surface area contributed by atoms with Crippen LogP contribution in [0, 0.1) is 6.92 Å². The number of hydrogen-bond donors (Lipinski definition) is 1. The Bertz CT molecular complexity index is 508. The second kappa shape index (κ2) is 4.40. The van der Waals surface area contributed by atoms with Crippen LogP contribution in [-0.2, 0) is 17.1 Å². The molecule has 0 bridgehead atoms. The van der Waals surface area contributed by atoms with Gasteiger partial charge in [-0.3, -0.25) is 4.68 Å². The van der Waals surface area contributed by atoms with Crippen molar-refractivity contribution < 1.29 is 8.42 Å². The molecule has 2 rings (SSSR count). The summed E-state index contributed by atoms with van der Waals surface area (Å²) in [7, 11) is -1.70. The first kappa shape index (κ1) is 12.5. The molecule has 0 amide bonds. The van der Waals surface area contributed by atoms with Crippen molar-refractivity contribution in [3.8, 4) is 0 Å². The quantitative estimate of drug-likeness (QED) is 0.799. The summed E-state index contributed by atoms with van der Waals surface area (Å²) in [6, 6.07) is -0.0597. The Labute approximate surface area is 101 Å². The van der Waals surface area contributed by atoms with Gasteiger partial charge in [0.2, 0.25) is 10.0 Å². The molecular weight excluding hydrogens is 240 g/mol. The zero-order valence-corrected chi connectivity index (χ0v) is 10.9. The molecule has 1 aromatic rings. The number of nitrogens with two attached hydrogens (primary N) is 1. The summed E-state index contributed by atoms with van der Waals surface area (Å²) in [5.74, 6) is 0. The van der Waals surface area contributed by atoms with Crippen LogP contribution in [0.3, 0.4) is 0 Å². The van der Waals surface area contributed by atoms with Gasteiger partial charge in [-0.1, -0.05) is 0 Å². The highest BCUT2D eigenvalue weighted by molar-refractivity contribution is 7.89. The molecule has 1 atom stereocenters. The van der Waals surface area contributed by atoms with Gasteiger partial charge in [0.25, 0.3) is 0 Å². The van der Waals surface area contributed by atoms with Crippen LogP contribution in [0.1, 0.15) is 18.5 Å². The molecule has 1 unspecified atom stereocenters. The minimum absolute atomic E-state index is 0.0597. The Balaban J connectivity index is 2.33. The third-order valence-corrected chi connectivity index (χ3v) is 5.20. The van der Waals surface area contributed by atoms with Gasteiger partial charge in [0.1, 0.15) is 4.90 Å². The first-order valence-corrected chi connectivity index (χ1v) is 7.11.